The van der Waals surface area contributed by atoms with Gasteiger partial charge in [0.25, 0.3) is 0 Å². The van der Waals surface area contributed by atoms with Crippen molar-refractivity contribution in [1.82, 2.24) is 5.16 Å². The number of ether oxygens (including phenoxy) is 1. The zero-order chi connectivity index (χ0) is 18.8. The molecule has 0 aliphatic rings. The first-order valence-electron chi connectivity index (χ1n) is 6.82. The summed E-state index contributed by atoms with van der Waals surface area (Å²) in [5.74, 6) is -2.68. The lowest BCUT2D eigenvalue weighted by Gasteiger charge is -2.16. The van der Waals surface area contributed by atoms with Gasteiger partial charge in [-0.3, -0.25) is 0 Å². The van der Waals surface area contributed by atoms with Crippen molar-refractivity contribution in [3.8, 4) is 11.8 Å². The van der Waals surface area contributed by atoms with Crippen LogP contribution in [0.2, 0.25) is 5.02 Å². The van der Waals surface area contributed by atoms with E-state index >= 15 is 0 Å². The Kier molecular flexibility index (Phi) is 7.92. The summed E-state index contributed by atoms with van der Waals surface area (Å²) in [5.41, 5.74) is 5.96. The van der Waals surface area contributed by atoms with Gasteiger partial charge in [0.2, 0.25) is 0 Å². The first-order chi connectivity index (χ1) is 11.9. The maximum atomic E-state index is 9.10. The fraction of sp³-hybridized carbons (Fsp3) is 0.200. The fourth-order valence-corrected chi connectivity index (χ4v) is 1.80. The zero-order valence-electron chi connectivity index (χ0n) is 12.8. The number of hydrogen-bond acceptors (Lipinski definition) is 7. The van der Waals surface area contributed by atoms with E-state index in [2.05, 4.69) is 11.2 Å². The molecule has 25 heavy (non-hydrogen) atoms. The Morgan fingerprint density at radius 1 is 1.36 bits per heavy atom. The zero-order valence-corrected chi connectivity index (χ0v) is 13.5. The molecule has 0 radical (unpaired) electrons. The van der Waals surface area contributed by atoms with Gasteiger partial charge >= 0.3 is 11.9 Å². The number of halogens is 1. The summed E-state index contributed by atoms with van der Waals surface area (Å²) in [7, 11) is 0. The van der Waals surface area contributed by atoms with Crippen molar-refractivity contribution in [3.63, 3.8) is 0 Å². The van der Waals surface area contributed by atoms with Crippen LogP contribution in [0.25, 0.3) is 0 Å². The molecular weight excluding hydrogens is 354 g/mol. The van der Waals surface area contributed by atoms with Crippen LogP contribution in [-0.4, -0.2) is 33.9 Å². The number of carboxylic acids is 2. The highest BCUT2D eigenvalue weighted by molar-refractivity contribution is 6.30. The number of nitriles is 1. The van der Waals surface area contributed by atoms with Crippen LogP contribution in [0.1, 0.15) is 23.8 Å². The maximum absolute atomic E-state index is 9.10. The minimum Gasteiger partial charge on any atom is -0.481 e. The van der Waals surface area contributed by atoms with Gasteiger partial charge in [0.05, 0.1) is 11.8 Å². The molecule has 132 valence electrons. The van der Waals surface area contributed by atoms with E-state index in [0.29, 0.717) is 35.1 Å². The molecule has 1 unspecified atom stereocenters. The summed E-state index contributed by atoms with van der Waals surface area (Å²) in [4.78, 5) is 18.2. The maximum Gasteiger partial charge on any atom is 0.414 e. The molecule has 9 nitrogen and oxygen atoms in total. The predicted octanol–water partition coefficient (Wildman–Crippen LogP) is 1.82. The Balaban J connectivity index is 0.000000450. The molecule has 0 fully saturated rings. The highest BCUT2D eigenvalue weighted by Crippen LogP contribution is 2.29. The second kappa shape index (κ2) is 9.92. The van der Waals surface area contributed by atoms with Crippen molar-refractivity contribution in [2.24, 2.45) is 5.73 Å². The first-order valence-corrected chi connectivity index (χ1v) is 7.20. The lowest BCUT2D eigenvalue weighted by atomic mass is 10.2. The number of aliphatic carboxylic acids is 2. The standard InChI is InChI=1S/C13H12ClN3O2.C2H2O4/c14-10-2-1-9(8-16)13(7-10)18-11(3-5-15)12-4-6-17-19-12;3-1(4)2(5)6/h1-2,4,6-7,11H,3,5,15H2;(H,3,4)(H,5,6). The number of nitrogens with two attached hydrogens (primary N) is 1. The Labute approximate surface area is 147 Å². The number of rotatable bonds is 5. The molecule has 10 heteroatoms. The van der Waals surface area contributed by atoms with Crippen molar-refractivity contribution >= 4 is 23.5 Å². The van der Waals surface area contributed by atoms with Crippen LogP contribution < -0.4 is 10.5 Å². The van der Waals surface area contributed by atoms with Crippen LogP contribution in [0, 0.1) is 11.3 Å². The van der Waals surface area contributed by atoms with Gasteiger partial charge in [-0.15, -0.1) is 0 Å². The average molecular weight is 368 g/mol. The third-order valence-electron chi connectivity index (χ3n) is 2.72. The second-order valence-corrected chi connectivity index (χ2v) is 4.90. The summed E-state index contributed by atoms with van der Waals surface area (Å²) < 4.78 is 10.9. The van der Waals surface area contributed by atoms with E-state index in [1.807, 2.05) is 0 Å². The summed E-state index contributed by atoms with van der Waals surface area (Å²) in [6.45, 7) is 0.424. The second-order valence-electron chi connectivity index (χ2n) is 4.46. The Morgan fingerprint density at radius 2 is 2.04 bits per heavy atom. The fourth-order valence-electron chi connectivity index (χ4n) is 1.64. The van der Waals surface area contributed by atoms with Gasteiger partial charge in [0, 0.05) is 23.6 Å². The molecule has 0 spiro atoms. The number of nitrogens with zero attached hydrogens (tertiary/aromatic N) is 2. The molecule has 2 aromatic rings. The third kappa shape index (κ3) is 6.50. The molecule has 0 bridgehead atoms. The van der Waals surface area contributed by atoms with Gasteiger partial charge in [-0.05, 0) is 18.7 Å². The van der Waals surface area contributed by atoms with Crippen molar-refractivity contribution < 1.29 is 29.1 Å². The lowest BCUT2D eigenvalue weighted by molar-refractivity contribution is -0.159. The normalized spacial score (nSPS) is 10.8. The summed E-state index contributed by atoms with van der Waals surface area (Å²) >= 11 is 5.91. The van der Waals surface area contributed by atoms with Gasteiger partial charge in [-0.1, -0.05) is 16.8 Å². The quantitative estimate of drug-likeness (QED) is 0.669. The molecule has 1 aromatic heterocycles. The molecule has 4 N–H and O–H groups in total. The van der Waals surface area contributed by atoms with Crippen LogP contribution in [0.15, 0.2) is 35.0 Å². The number of carbonyl (C=O) groups is 2. The van der Waals surface area contributed by atoms with Crippen LogP contribution in [0.5, 0.6) is 5.75 Å². The highest BCUT2D eigenvalue weighted by Gasteiger charge is 2.18. The Bertz CT molecular complexity index is 745. The van der Waals surface area contributed by atoms with Crippen molar-refractivity contribution in [2.45, 2.75) is 12.5 Å². The number of aromatic nitrogens is 1. The van der Waals surface area contributed by atoms with Crippen molar-refractivity contribution in [3.05, 3.63) is 46.8 Å². The summed E-state index contributed by atoms with van der Waals surface area (Å²) in [5, 5.41) is 28.0. The Morgan fingerprint density at radius 3 is 2.52 bits per heavy atom. The Hall–Kier alpha value is -3.09. The monoisotopic (exact) mass is 367 g/mol. The number of benzene rings is 1. The van der Waals surface area contributed by atoms with E-state index < -0.39 is 18.0 Å². The lowest BCUT2D eigenvalue weighted by Crippen LogP contribution is -2.13. The van der Waals surface area contributed by atoms with Crippen LogP contribution in [-0.2, 0) is 9.59 Å². The summed E-state index contributed by atoms with van der Waals surface area (Å²) in [6.07, 6.45) is 1.69. The minimum absolute atomic E-state index is 0.391. The van der Waals surface area contributed by atoms with Crippen molar-refractivity contribution in [2.75, 3.05) is 6.54 Å². The first kappa shape index (κ1) is 20.0. The average Bonchev–Trinajstić information content (AvgIpc) is 3.09. The van der Waals surface area contributed by atoms with Crippen LogP contribution >= 0.6 is 11.6 Å². The van der Waals surface area contributed by atoms with Gasteiger partial charge < -0.3 is 25.2 Å². The highest BCUT2D eigenvalue weighted by atomic mass is 35.5. The van der Waals surface area contributed by atoms with E-state index in [-0.39, 0.29) is 0 Å². The molecule has 1 atom stereocenters. The molecule has 1 aromatic carbocycles. The van der Waals surface area contributed by atoms with Crippen LogP contribution in [0.3, 0.4) is 0 Å². The van der Waals surface area contributed by atoms with E-state index in [1.54, 1.807) is 24.3 Å². The van der Waals surface area contributed by atoms with Crippen LogP contribution in [0.4, 0.5) is 0 Å². The SMILES string of the molecule is N#Cc1ccc(Cl)cc1OC(CCN)c1ccno1.O=C(O)C(=O)O. The molecule has 2 rings (SSSR count). The molecule has 0 aliphatic carbocycles. The van der Waals surface area contributed by atoms with Gasteiger partial charge in [0.15, 0.2) is 11.9 Å². The largest absolute Gasteiger partial charge is 0.481 e. The van der Waals surface area contributed by atoms with Gasteiger partial charge in [-0.2, -0.15) is 5.26 Å². The van der Waals surface area contributed by atoms with E-state index in [1.165, 1.54) is 6.20 Å². The molecule has 1 heterocycles. The molecule has 0 saturated heterocycles. The molecule has 0 aliphatic heterocycles. The minimum atomic E-state index is -1.82. The smallest absolute Gasteiger partial charge is 0.414 e. The summed E-state index contributed by atoms with van der Waals surface area (Å²) in [6, 6.07) is 8.60. The van der Waals surface area contributed by atoms with E-state index in [9.17, 15) is 0 Å². The third-order valence-corrected chi connectivity index (χ3v) is 2.96. The van der Waals surface area contributed by atoms with Crippen molar-refractivity contribution in [1.29, 1.82) is 5.26 Å². The van der Waals surface area contributed by atoms with Gasteiger partial charge in [0.1, 0.15) is 11.8 Å². The molecule has 0 saturated carbocycles. The predicted molar refractivity (Wildman–Crippen MR) is 85.0 cm³/mol. The van der Waals surface area contributed by atoms with E-state index in [4.69, 9.17) is 51.7 Å². The van der Waals surface area contributed by atoms with Gasteiger partial charge in [-0.25, -0.2) is 9.59 Å². The topological polar surface area (TPSA) is 160 Å². The number of carboxylic acid groups (broad SMARTS) is 2. The number of hydrogen-bond donors (Lipinski definition) is 3. The molecule has 0 amide bonds. The molecular formula is C15H14ClN3O6. The van der Waals surface area contributed by atoms with E-state index in [0.717, 1.165) is 0 Å².